The molecule has 0 aliphatic heterocycles. The van der Waals surface area contributed by atoms with Crippen LogP contribution in [0.4, 0.5) is 0 Å². The van der Waals surface area contributed by atoms with Crippen molar-refractivity contribution < 1.29 is 4.79 Å². The minimum Gasteiger partial charge on any atom is -0.358 e. The van der Waals surface area contributed by atoms with E-state index in [1.54, 1.807) is 0 Å². The highest BCUT2D eigenvalue weighted by molar-refractivity contribution is 6.03. The van der Waals surface area contributed by atoms with E-state index in [9.17, 15) is 4.79 Å². The van der Waals surface area contributed by atoms with E-state index in [-0.39, 0.29) is 5.78 Å². The number of rotatable bonds is 1. The van der Waals surface area contributed by atoms with Crippen LogP contribution in [0.3, 0.4) is 0 Å². The number of carbonyl (C=O) groups is 1. The fourth-order valence-corrected chi connectivity index (χ4v) is 2.68. The average Bonchev–Trinajstić information content (AvgIpc) is 2.64. The SMILES string of the molecule is Cc1[nH]c2ccccc2c1C1=CC(=O)CCC1. The Hall–Kier alpha value is -1.83. The number of aromatic nitrogens is 1. The summed E-state index contributed by atoms with van der Waals surface area (Å²) in [7, 11) is 0. The number of hydrogen-bond donors (Lipinski definition) is 1. The zero-order chi connectivity index (χ0) is 11.8. The fourth-order valence-electron chi connectivity index (χ4n) is 2.68. The molecule has 0 saturated heterocycles. The molecule has 0 amide bonds. The van der Waals surface area contributed by atoms with E-state index in [4.69, 9.17) is 0 Å². The van der Waals surface area contributed by atoms with E-state index in [1.165, 1.54) is 16.5 Å². The van der Waals surface area contributed by atoms with Crippen molar-refractivity contribution in [2.24, 2.45) is 0 Å². The molecule has 0 fully saturated rings. The second-order valence-electron chi connectivity index (χ2n) is 4.66. The molecular formula is C15H15NO. The molecule has 1 aromatic heterocycles. The molecule has 0 spiro atoms. The molecule has 1 aliphatic rings. The molecule has 2 aromatic rings. The lowest BCUT2D eigenvalue weighted by Gasteiger charge is -2.12. The lowest BCUT2D eigenvalue weighted by atomic mass is 9.91. The van der Waals surface area contributed by atoms with Gasteiger partial charge in [-0.15, -0.1) is 0 Å². The molecule has 0 saturated carbocycles. The minimum atomic E-state index is 0.260. The van der Waals surface area contributed by atoms with Gasteiger partial charge in [0, 0.05) is 28.6 Å². The van der Waals surface area contributed by atoms with Gasteiger partial charge in [-0.25, -0.2) is 0 Å². The maximum absolute atomic E-state index is 11.5. The molecule has 3 rings (SSSR count). The standard InChI is InChI=1S/C15H15NO/c1-10-15(11-5-4-6-12(17)9-11)13-7-2-3-8-14(13)16-10/h2-3,7-9,16H,4-6H2,1H3. The first-order valence-electron chi connectivity index (χ1n) is 6.07. The third-order valence-electron chi connectivity index (χ3n) is 3.42. The fraction of sp³-hybridized carbons (Fsp3) is 0.267. The summed E-state index contributed by atoms with van der Waals surface area (Å²) in [5.41, 5.74) is 4.73. The second kappa shape index (κ2) is 3.88. The van der Waals surface area contributed by atoms with Crippen LogP contribution in [-0.4, -0.2) is 10.8 Å². The first-order valence-corrected chi connectivity index (χ1v) is 6.07. The van der Waals surface area contributed by atoms with Gasteiger partial charge >= 0.3 is 0 Å². The summed E-state index contributed by atoms with van der Waals surface area (Å²) in [5, 5.41) is 1.23. The molecule has 2 heteroatoms. The molecule has 0 bridgehead atoms. The molecule has 0 atom stereocenters. The highest BCUT2D eigenvalue weighted by atomic mass is 16.1. The molecule has 86 valence electrons. The first kappa shape index (κ1) is 10.3. The molecule has 0 radical (unpaired) electrons. The molecule has 1 aliphatic carbocycles. The van der Waals surface area contributed by atoms with Gasteiger partial charge < -0.3 is 4.98 Å². The largest absolute Gasteiger partial charge is 0.358 e. The van der Waals surface area contributed by atoms with Crippen LogP contribution >= 0.6 is 0 Å². The van der Waals surface area contributed by atoms with Crippen molar-refractivity contribution in [1.29, 1.82) is 0 Å². The van der Waals surface area contributed by atoms with Gasteiger partial charge in [-0.05, 0) is 37.5 Å². The van der Waals surface area contributed by atoms with E-state index < -0.39 is 0 Å². The Labute approximate surface area is 100 Å². The van der Waals surface area contributed by atoms with Crippen molar-refractivity contribution in [3.8, 4) is 0 Å². The summed E-state index contributed by atoms with van der Waals surface area (Å²) >= 11 is 0. The smallest absolute Gasteiger partial charge is 0.155 e. The van der Waals surface area contributed by atoms with Crippen LogP contribution in [0.2, 0.25) is 0 Å². The van der Waals surface area contributed by atoms with Gasteiger partial charge in [0.25, 0.3) is 0 Å². The number of H-pyrrole nitrogens is 1. The van der Waals surface area contributed by atoms with Crippen molar-refractivity contribution in [2.75, 3.05) is 0 Å². The van der Waals surface area contributed by atoms with Crippen molar-refractivity contribution in [3.63, 3.8) is 0 Å². The Bertz CT molecular complexity index is 619. The number of benzene rings is 1. The van der Waals surface area contributed by atoms with Crippen molar-refractivity contribution >= 4 is 22.3 Å². The van der Waals surface area contributed by atoms with Crippen LogP contribution in [0.25, 0.3) is 16.5 Å². The first-order chi connectivity index (χ1) is 8.25. The Morgan fingerprint density at radius 3 is 2.82 bits per heavy atom. The second-order valence-corrected chi connectivity index (χ2v) is 4.66. The zero-order valence-corrected chi connectivity index (χ0v) is 9.92. The summed E-state index contributed by atoms with van der Waals surface area (Å²) in [6, 6.07) is 8.28. The van der Waals surface area contributed by atoms with Gasteiger partial charge in [0.2, 0.25) is 0 Å². The maximum atomic E-state index is 11.5. The van der Waals surface area contributed by atoms with E-state index in [0.717, 1.165) is 24.1 Å². The van der Waals surface area contributed by atoms with Gasteiger partial charge in [0.05, 0.1) is 0 Å². The number of allylic oxidation sites excluding steroid dienone is 2. The average molecular weight is 225 g/mol. The number of aromatic amines is 1. The number of aryl methyl sites for hydroxylation is 1. The predicted molar refractivity (Wildman–Crippen MR) is 69.9 cm³/mol. The van der Waals surface area contributed by atoms with E-state index in [1.807, 2.05) is 18.2 Å². The highest BCUT2D eigenvalue weighted by Gasteiger charge is 2.16. The summed E-state index contributed by atoms with van der Waals surface area (Å²) < 4.78 is 0. The van der Waals surface area contributed by atoms with E-state index in [0.29, 0.717) is 6.42 Å². The summed E-state index contributed by atoms with van der Waals surface area (Å²) in [5.74, 6) is 0.260. The number of carbonyl (C=O) groups excluding carboxylic acids is 1. The van der Waals surface area contributed by atoms with Gasteiger partial charge in [-0.1, -0.05) is 18.2 Å². The van der Waals surface area contributed by atoms with Gasteiger partial charge in [0.15, 0.2) is 5.78 Å². The van der Waals surface area contributed by atoms with Crippen LogP contribution in [0.5, 0.6) is 0 Å². The number of hydrogen-bond acceptors (Lipinski definition) is 1. The van der Waals surface area contributed by atoms with Crippen LogP contribution in [0, 0.1) is 6.92 Å². The highest BCUT2D eigenvalue weighted by Crippen LogP contribution is 2.33. The van der Waals surface area contributed by atoms with Crippen LogP contribution in [-0.2, 0) is 4.79 Å². The summed E-state index contributed by atoms with van der Waals surface area (Å²) in [6.45, 7) is 2.08. The Balaban J connectivity index is 2.23. The molecule has 1 N–H and O–H groups in total. The number of fused-ring (bicyclic) bond motifs is 1. The lowest BCUT2D eigenvalue weighted by Crippen LogP contribution is -2.02. The van der Waals surface area contributed by atoms with Gasteiger partial charge in [-0.3, -0.25) is 4.79 Å². The summed E-state index contributed by atoms with van der Waals surface area (Å²) in [4.78, 5) is 14.9. The van der Waals surface area contributed by atoms with Crippen molar-refractivity contribution in [2.45, 2.75) is 26.2 Å². The molecular weight excluding hydrogens is 210 g/mol. The Morgan fingerprint density at radius 2 is 2.00 bits per heavy atom. The molecule has 0 unspecified atom stereocenters. The molecule has 1 heterocycles. The molecule has 17 heavy (non-hydrogen) atoms. The Kier molecular flexibility index (Phi) is 2.36. The third-order valence-corrected chi connectivity index (χ3v) is 3.42. The van der Waals surface area contributed by atoms with E-state index >= 15 is 0 Å². The van der Waals surface area contributed by atoms with Gasteiger partial charge in [-0.2, -0.15) is 0 Å². The number of para-hydroxylation sites is 1. The lowest BCUT2D eigenvalue weighted by molar-refractivity contribution is -0.114. The summed E-state index contributed by atoms with van der Waals surface area (Å²) in [6.07, 6.45) is 4.51. The molecule has 1 aromatic carbocycles. The van der Waals surface area contributed by atoms with Crippen molar-refractivity contribution in [1.82, 2.24) is 4.98 Å². The van der Waals surface area contributed by atoms with Gasteiger partial charge in [0.1, 0.15) is 0 Å². The minimum absolute atomic E-state index is 0.260. The monoisotopic (exact) mass is 225 g/mol. The predicted octanol–water partition coefficient (Wildman–Crippen LogP) is 3.61. The van der Waals surface area contributed by atoms with Crippen LogP contribution in [0.1, 0.15) is 30.5 Å². The third kappa shape index (κ3) is 1.70. The molecule has 2 nitrogen and oxygen atoms in total. The number of ketones is 1. The Morgan fingerprint density at radius 1 is 1.18 bits per heavy atom. The number of nitrogens with one attached hydrogen (secondary N) is 1. The normalized spacial score (nSPS) is 16.3. The zero-order valence-electron chi connectivity index (χ0n) is 9.92. The van der Waals surface area contributed by atoms with Crippen molar-refractivity contribution in [3.05, 3.63) is 41.6 Å². The van der Waals surface area contributed by atoms with Crippen LogP contribution < -0.4 is 0 Å². The topological polar surface area (TPSA) is 32.9 Å². The maximum Gasteiger partial charge on any atom is 0.155 e. The van der Waals surface area contributed by atoms with Crippen LogP contribution in [0.15, 0.2) is 30.3 Å². The van der Waals surface area contributed by atoms with E-state index in [2.05, 4.69) is 24.0 Å². The quantitative estimate of drug-likeness (QED) is 0.790.